The van der Waals surface area contributed by atoms with Crippen LogP contribution in [0.1, 0.15) is 24.7 Å². The van der Waals surface area contributed by atoms with Crippen molar-refractivity contribution in [2.24, 2.45) is 4.99 Å². The minimum atomic E-state index is 0. The Kier molecular flexibility index (Phi) is 9.90. The largest absolute Gasteiger partial charge is 0.357 e. The average Bonchev–Trinajstić information content (AvgIpc) is 2.70. The van der Waals surface area contributed by atoms with Crippen molar-refractivity contribution in [1.29, 1.82) is 0 Å². The zero-order valence-electron chi connectivity index (χ0n) is 12.4. The SMILES string of the molecule is C#CCNC(=NCCCn1nc(C)cc1C)NCC.I. The summed E-state index contributed by atoms with van der Waals surface area (Å²) < 4.78 is 2.02. The first-order chi connectivity index (χ1) is 9.17. The number of rotatable bonds is 6. The van der Waals surface area contributed by atoms with E-state index in [1.165, 1.54) is 5.69 Å². The predicted octanol–water partition coefficient (Wildman–Crippen LogP) is 1.70. The molecule has 6 heteroatoms. The lowest BCUT2D eigenvalue weighted by Gasteiger charge is -2.09. The van der Waals surface area contributed by atoms with Gasteiger partial charge in [0.2, 0.25) is 0 Å². The molecule has 0 radical (unpaired) electrons. The highest BCUT2D eigenvalue weighted by atomic mass is 127. The highest BCUT2D eigenvalue weighted by molar-refractivity contribution is 14.0. The maximum absolute atomic E-state index is 5.22. The van der Waals surface area contributed by atoms with E-state index in [2.05, 4.69) is 39.6 Å². The van der Waals surface area contributed by atoms with Gasteiger partial charge < -0.3 is 10.6 Å². The Morgan fingerprint density at radius 2 is 2.20 bits per heavy atom. The Morgan fingerprint density at radius 1 is 1.45 bits per heavy atom. The van der Waals surface area contributed by atoms with E-state index in [9.17, 15) is 0 Å². The third-order valence-corrected chi connectivity index (χ3v) is 2.60. The van der Waals surface area contributed by atoms with Gasteiger partial charge in [-0.3, -0.25) is 9.67 Å². The van der Waals surface area contributed by atoms with Crippen molar-refractivity contribution in [3.63, 3.8) is 0 Å². The van der Waals surface area contributed by atoms with Crippen LogP contribution in [0.2, 0.25) is 0 Å². The summed E-state index contributed by atoms with van der Waals surface area (Å²) in [4.78, 5) is 4.46. The maximum atomic E-state index is 5.22. The molecule has 0 aromatic carbocycles. The standard InChI is InChI=1S/C14H23N5.HI/c1-5-8-16-14(15-6-2)17-9-7-10-19-13(4)11-12(3)18-19;/h1,11H,6-10H2,2-4H3,(H2,15,16,17);1H. The number of aromatic nitrogens is 2. The summed E-state index contributed by atoms with van der Waals surface area (Å²) in [6, 6.07) is 2.09. The van der Waals surface area contributed by atoms with Gasteiger partial charge in [-0.25, -0.2) is 0 Å². The molecule has 0 fully saturated rings. The summed E-state index contributed by atoms with van der Waals surface area (Å²) in [5, 5.41) is 10.6. The highest BCUT2D eigenvalue weighted by Gasteiger charge is 2.00. The van der Waals surface area contributed by atoms with E-state index >= 15 is 0 Å². The number of nitrogens with zero attached hydrogens (tertiary/aromatic N) is 3. The fraction of sp³-hybridized carbons (Fsp3) is 0.571. The summed E-state index contributed by atoms with van der Waals surface area (Å²) in [5.74, 6) is 3.31. The van der Waals surface area contributed by atoms with Crippen LogP contribution in [0.25, 0.3) is 0 Å². The third kappa shape index (κ3) is 6.80. The molecule has 0 bridgehead atoms. The van der Waals surface area contributed by atoms with Crippen LogP contribution in [0.5, 0.6) is 0 Å². The van der Waals surface area contributed by atoms with Crippen LogP contribution in [-0.2, 0) is 6.54 Å². The Balaban J connectivity index is 0.00000361. The van der Waals surface area contributed by atoms with E-state index in [4.69, 9.17) is 6.42 Å². The summed E-state index contributed by atoms with van der Waals surface area (Å²) in [6.45, 7) is 9.06. The Labute approximate surface area is 138 Å². The van der Waals surface area contributed by atoms with Crippen LogP contribution in [0.4, 0.5) is 0 Å². The molecule has 0 aliphatic rings. The number of halogens is 1. The number of nitrogens with one attached hydrogen (secondary N) is 2. The van der Waals surface area contributed by atoms with Crippen LogP contribution >= 0.6 is 24.0 Å². The molecule has 20 heavy (non-hydrogen) atoms. The highest BCUT2D eigenvalue weighted by Crippen LogP contribution is 2.02. The first-order valence-corrected chi connectivity index (χ1v) is 6.64. The maximum Gasteiger partial charge on any atom is 0.192 e. The van der Waals surface area contributed by atoms with Gasteiger partial charge in [0.15, 0.2) is 5.96 Å². The number of terminal acetylenes is 1. The smallest absolute Gasteiger partial charge is 0.192 e. The number of hydrogen-bond acceptors (Lipinski definition) is 2. The number of guanidine groups is 1. The van der Waals surface area contributed by atoms with Gasteiger partial charge in [0.25, 0.3) is 0 Å². The predicted molar refractivity (Wildman–Crippen MR) is 94.5 cm³/mol. The summed E-state index contributed by atoms with van der Waals surface area (Å²) >= 11 is 0. The molecular weight excluding hydrogens is 365 g/mol. The zero-order valence-corrected chi connectivity index (χ0v) is 14.8. The van der Waals surface area contributed by atoms with Gasteiger partial charge in [-0.05, 0) is 33.3 Å². The third-order valence-electron chi connectivity index (χ3n) is 2.60. The molecule has 0 saturated carbocycles. The van der Waals surface area contributed by atoms with Gasteiger partial charge in [-0.15, -0.1) is 30.4 Å². The van der Waals surface area contributed by atoms with E-state index in [0.717, 1.165) is 37.7 Å². The van der Waals surface area contributed by atoms with Crippen molar-refractivity contribution in [2.75, 3.05) is 19.6 Å². The fourth-order valence-electron chi connectivity index (χ4n) is 1.79. The fourth-order valence-corrected chi connectivity index (χ4v) is 1.79. The molecule has 112 valence electrons. The molecule has 0 saturated heterocycles. The lowest BCUT2D eigenvalue weighted by molar-refractivity contribution is 0.567. The van der Waals surface area contributed by atoms with E-state index in [1.807, 2.05) is 18.5 Å². The monoisotopic (exact) mass is 389 g/mol. The minimum Gasteiger partial charge on any atom is -0.357 e. The number of aryl methyl sites for hydroxylation is 3. The number of aliphatic imine (C=N–C) groups is 1. The molecule has 0 aliphatic heterocycles. The van der Waals surface area contributed by atoms with E-state index in [-0.39, 0.29) is 24.0 Å². The van der Waals surface area contributed by atoms with Crippen molar-refractivity contribution in [2.45, 2.75) is 33.7 Å². The van der Waals surface area contributed by atoms with Gasteiger partial charge in [0.05, 0.1) is 12.2 Å². The summed E-state index contributed by atoms with van der Waals surface area (Å²) in [7, 11) is 0. The normalized spacial score (nSPS) is 10.6. The molecule has 0 unspecified atom stereocenters. The van der Waals surface area contributed by atoms with E-state index < -0.39 is 0 Å². The molecule has 5 nitrogen and oxygen atoms in total. The van der Waals surface area contributed by atoms with Crippen molar-refractivity contribution >= 4 is 29.9 Å². The molecule has 1 aromatic rings. The van der Waals surface area contributed by atoms with Gasteiger partial charge in [0.1, 0.15) is 0 Å². The van der Waals surface area contributed by atoms with Gasteiger partial charge in [-0.1, -0.05) is 5.92 Å². The molecule has 0 aliphatic carbocycles. The van der Waals surface area contributed by atoms with Crippen LogP contribution in [0, 0.1) is 26.2 Å². The van der Waals surface area contributed by atoms with E-state index in [0.29, 0.717) is 6.54 Å². The van der Waals surface area contributed by atoms with Crippen molar-refractivity contribution in [3.05, 3.63) is 17.5 Å². The van der Waals surface area contributed by atoms with Crippen LogP contribution in [-0.4, -0.2) is 35.4 Å². The van der Waals surface area contributed by atoms with Gasteiger partial charge >= 0.3 is 0 Å². The molecular formula is C14H24IN5. The Hall–Kier alpha value is -1.23. The van der Waals surface area contributed by atoms with Crippen LogP contribution in [0.3, 0.4) is 0 Å². The molecule has 1 aromatic heterocycles. The molecule has 0 atom stereocenters. The first-order valence-electron chi connectivity index (χ1n) is 6.64. The van der Waals surface area contributed by atoms with Crippen LogP contribution < -0.4 is 10.6 Å². The second-order valence-corrected chi connectivity index (χ2v) is 4.32. The first kappa shape index (κ1) is 18.8. The van der Waals surface area contributed by atoms with E-state index in [1.54, 1.807) is 0 Å². The lowest BCUT2D eigenvalue weighted by atomic mass is 10.4. The van der Waals surface area contributed by atoms with Gasteiger partial charge in [0, 0.05) is 25.3 Å². The average molecular weight is 389 g/mol. The molecule has 0 spiro atoms. The van der Waals surface area contributed by atoms with Crippen molar-refractivity contribution in [1.82, 2.24) is 20.4 Å². The molecule has 1 heterocycles. The summed E-state index contributed by atoms with van der Waals surface area (Å²) in [6.07, 6.45) is 6.17. The Bertz CT molecular complexity index is 459. The second kappa shape index (κ2) is 10.5. The topological polar surface area (TPSA) is 54.2 Å². The zero-order chi connectivity index (χ0) is 14.1. The summed E-state index contributed by atoms with van der Waals surface area (Å²) in [5.41, 5.74) is 2.25. The van der Waals surface area contributed by atoms with Crippen LogP contribution in [0.15, 0.2) is 11.1 Å². The second-order valence-electron chi connectivity index (χ2n) is 4.32. The molecule has 1 rings (SSSR count). The quantitative estimate of drug-likeness (QED) is 0.256. The molecule has 2 N–H and O–H groups in total. The Morgan fingerprint density at radius 3 is 2.75 bits per heavy atom. The van der Waals surface area contributed by atoms with Gasteiger partial charge in [-0.2, -0.15) is 5.10 Å². The number of hydrogen-bond donors (Lipinski definition) is 2. The minimum absolute atomic E-state index is 0. The molecule has 0 amide bonds. The lowest BCUT2D eigenvalue weighted by Crippen LogP contribution is -2.37. The van der Waals surface area contributed by atoms with Crippen molar-refractivity contribution < 1.29 is 0 Å². The van der Waals surface area contributed by atoms with Crippen molar-refractivity contribution in [3.8, 4) is 12.3 Å².